The molecule has 0 spiro atoms. The van der Waals surface area contributed by atoms with Crippen molar-refractivity contribution in [3.8, 4) is 0 Å². The molecule has 2 aromatic heterocycles. The molecule has 88 valence electrons. The largest absolute Gasteiger partial charge is 0.395 e. The summed E-state index contributed by atoms with van der Waals surface area (Å²) in [5.74, 6) is -0.223. The third kappa shape index (κ3) is 2.65. The van der Waals surface area contributed by atoms with Gasteiger partial charge < -0.3 is 5.11 Å². The SMILES string of the molecule is OCC(c1cnccc1Cl)c1cnccc1Br. The van der Waals surface area contributed by atoms with Gasteiger partial charge in [-0.2, -0.15) is 0 Å². The molecule has 1 unspecified atom stereocenters. The Hall–Kier alpha value is -0.970. The molecule has 1 atom stereocenters. The molecule has 0 aliphatic carbocycles. The van der Waals surface area contributed by atoms with Crippen LogP contribution in [0.3, 0.4) is 0 Å². The van der Waals surface area contributed by atoms with Gasteiger partial charge in [-0.3, -0.25) is 9.97 Å². The summed E-state index contributed by atoms with van der Waals surface area (Å²) in [4.78, 5) is 8.10. The highest BCUT2D eigenvalue weighted by Gasteiger charge is 2.18. The summed E-state index contributed by atoms with van der Waals surface area (Å²) in [5, 5.41) is 10.1. The summed E-state index contributed by atoms with van der Waals surface area (Å²) < 4.78 is 0.895. The predicted octanol–water partition coefficient (Wildman–Crippen LogP) is 3.02. The number of aliphatic hydroxyl groups is 1. The standard InChI is InChI=1S/C12H10BrClN2O/c13-11-1-3-15-5-8(11)10(7-17)9-6-16-4-2-12(9)14/h1-6,10,17H,7H2. The van der Waals surface area contributed by atoms with Crippen molar-refractivity contribution < 1.29 is 5.11 Å². The highest BCUT2D eigenvalue weighted by atomic mass is 79.9. The lowest BCUT2D eigenvalue weighted by molar-refractivity contribution is 0.280. The summed E-state index contributed by atoms with van der Waals surface area (Å²) >= 11 is 9.56. The highest BCUT2D eigenvalue weighted by molar-refractivity contribution is 9.10. The Balaban J connectivity index is 2.48. The lowest BCUT2D eigenvalue weighted by Gasteiger charge is -2.16. The summed E-state index contributed by atoms with van der Waals surface area (Å²) in [6, 6.07) is 3.55. The van der Waals surface area contributed by atoms with E-state index in [0.717, 1.165) is 15.6 Å². The van der Waals surface area contributed by atoms with E-state index >= 15 is 0 Å². The van der Waals surface area contributed by atoms with Gasteiger partial charge in [0, 0.05) is 40.2 Å². The molecule has 17 heavy (non-hydrogen) atoms. The van der Waals surface area contributed by atoms with Crippen molar-refractivity contribution in [2.45, 2.75) is 5.92 Å². The smallest absolute Gasteiger partial charge is 0.0542 e. The van der Waals surface area contributed by atoms with Gasteiger partial charge in [-0.1, -0.05) is 27.5 Å². The lowest BCUT2D eigenvalue weighted by Crippen LogP contribution is -2.08. The normalized spacial score (nSPS) is 12.4. The van der Waals surface area contributed by atoms with Crippen molar-refractivity contribution in [1.29, 1.82) is 0 Å². The number of aliphatic hydroxyl groups excluding tert-OH is 1. The number of nitrogens with zero attached hydrogens (tertiary/aromatic N) is 2. The fourth-order valence-electron chi connectivity index (χ4n) is 1.66. The van der Waals surface area contributed by atoms with Crippen LogP contribution >= 0.6 is 27.5 Å². The number of pyridine rings is 2. The first-order valence-electron chi connectivity index (χ1n) is 5.03. The molecule has 2 aromatic rings. The average Bonchev–Trinajstić information content (AvgIpc) is 2.34. The van der Waals surface area contributed by atoms with E-state index in [1.165, 1.54) is 0 Å². The molecule has 0 aliphatic rings. The molecular formula is C12H10BrClN2O. The van der Waals surface area contributed by atoms with Crippen molar-refractivity contribution in [1.82, 2.24) is 9.97 Å². The molecular weight excluding hydrogens is 304 g/mol. The number of rotatable bonds is 3. The number of hydrogen-bond donors (Lipinski definition) is 1. The zero-order chi connectivity index (χ0) is 12.3. The van der Waals surface area contributed by atoms with Gasteiger partial charge in [0.2, 0.25) is 0 Å². The number of hydrogen-bond acceptors (Lipinski definition) is 3. The second kappa shape index (κ2) is 5.58. The molecule has 0 aromatic carbocycles. The average molecular weight is 314 g/mol. The van der Waals surface area contributed by atoms with Crippen molar-refractivity contribution in [3.05, 3.63) is 57.5 Å². The zero-order valence-electron chi connectivity index (χ0n) is 8.85. The zero-order valence-corrected chi connectivity index (χ0v) is 11.2. The summed E-state index contributed by atoms with van der Waals surface area (Å²) in [5.41, 5.74) is 1.69. The quantitative estimate of drug-likeness (QED) is 0.947. The van der Waals surface area contributed by atoms with Crippen molar-refractivity contribution >= 4 is 27.5 Å². The van der Waals surface area contributed by atoms with Gasteiger partial charge in [0.1, 0.15) is 0 Å². The fourth-order valence-corrected chi connectivity index (χ4v) is 2.39. The highest BCUT2D eigenvalue weighted by Crippen LogP contribution is 2.32. The Kier molecular flexibility index (Phi) is 4.10. The van der Waals surface area contributed by atoms with Gasteiger partial charge in [-0.05, 0) is 23.3 Å². The van der Waals surface area contributed by atoms with Crippen LogP contribution in [-0.4, -0.2) is 21.7 Å². The maximum absolute atomic E-state index is 9.55. The fraction of sp³-hybridized carbons (Fsp3) is 0.167. The molecule has 5 heteroatoms. The van der Waals surface area contributed by atoms with E-state index in [2.05, 4.69) is 25.9 Å². The monoisotopic (exact) mass is 312 g/mol. The second-order valence-corrected chi connectivity index (χ2v) is 4.79. The summed E-state index contributed by atoms with van der Waals surface area (Å²) in [6.07, 6.45) is 6.70. The minimum atomic E-state index is -0.223. The molecule has 2 heterocycles. The number of halogens is 2. The van der Waals surface area contributed by atoms with E-state index in [9.17, 15) is 5.11 Å². The van der Waals surface area contributed by atoms with E-state index < -0.39 is 0 Å². The third-order valence-electron chi connectivity index (χ3n) is 2.53. The van der Waals surface area contributed by atoms with Crippen molar-refractivity contribution in [3.63, 3.8) is 0 Å². The van der Waals surface area contributed by atoms with Gasteiger partial charge in [0.05, 0.1) is 6.61 Å². The lowest BCUT2D eigenvalue weighted by atomic mass is 9.94. The molecule has 0 saturated heterocycles. The molecule has 0 radical (unpaired) electrons. The topological polar surface area (TPSA) is 46.0 Å². The Bertz CT molecular complexity index is 476. The summed E-state index contributed by atoms with van der Waals surface area (Å²) in [6.45, 7) is -0.0459. The van der Waals surface area contributed by atoms with Crippen molar-refractivity contribution in [2.75, 3.05) is 6.61 Å². The van der Waals surface area contributed by atoms with Gasteiger partial charge in [-0.15, -0.1) is 0 Å². The third-order valence-corrected chi connectivity index (χ3v) is 3.59. The first-order chi connectivity index (χ1) is 8.24. The maximum atomic E-state index is 9.55. The van der Waals surface area contributed by atoms with Crippen LogP contribution in [-0.2, 0) is 0 Å². The molecule has 1 N–H and O–H groups in total. The minimum Gasteiger partial charge on any atom is -0.395 e. The Morgan fingerprint density at radius 3 is 2.41 bits per heavy atom. The molecule has 0 fully saturated rings. The van der Waals surface area contributed by atoms with Crippen molar-refractivity contribution in [2.24, 2.45) is 0 Å². The molecule has 2 rings (SSSR count). The molecule has 0 bridgehead atoms. The van der Waals surface area contributed by atoms with Crippen LogP contribution in [0.1, 0.15) is 17.0 Å². The molecule has 0 saturated carbocycles. The molecule has 3 nitrogen and oxygen atoms in total. The summed E-state index contributed by atoms with van der Waals surface area (Å²) in [7, 11) is 0. The van der Waals surface area contributed by atoms with Gasteiger partial charge in [-0.25, -0.2) is 0 Å². The van der Waals surface area contributed by atoms with Crippen LogP contribution in [0.4, 0.5) is 0 Å². The van der Waals surface area contributed by atoms with E-state index in [0.29, 0.717) is 5.02 Å². The van der Waals surface area contributed by atoms with E-state index in [1.807, 2.05) is 6.07 Å². The van der Waals surface area contributed by atoms with Crippen LogP contribution in [0.2, 0.25) is 5.02 Å². The van der Waals surface area contributed by atoms with Gasteiger partial charge >= 0.3 is 0 Å². The minimum absolute atomic E-state index is 0.0459. The maximum Gasteiger partial charge on any atom is 0.0542 e. The van der Waals surface area contributed by atoms with E-state index in [4.69, 9.17) is 11.6 Å². The van der Waals surface area contributed by atoms with Crippen LogP contribution in [0.5, 0.6) is 0 Å². The predicted molar refractivity (Wildman–Crippen MR) is 70.1 cm³/mol. The van der Waals surface area contributed by atoms with Crippen LogP contribution in [0.15, 0.2) is 41.4 Å². The number of aromatic nitrogens is 2. The Labute approximate surface area is 113 Å². The molecule has 0 amide bonds. The second-order valence-electron chi connectivity index (χ2n) is 3.53. The van der Waals surface area contributed by atoms with Crippen LogP contribution in [0, 0.1) is 0 Å². The van der Waals surface area contributed by atoms with E-state index in [1.54, 1.807) is 30.9 Å². The van der Waals surface area contributed by atoms with E-state index in [-0.39, 0.29) is 12.5 Å². The first-order valence-corrected chi connectivity index (χ1v) is 6.20. The Morgan fingerprint density at radius 1 is 1.18 bits per heavy atom. The Morgan fingerprint density at radius 2 is 1.82 bits per heavy atom. The van der Waals surface area contributed by atoms with Crippen LogP contribution in [0.25, 0.3) is 0 Å². The van der Waals surface area contributed by atoms with Gasteiger partial charge in [0.15, 0.2) is 0 Å². The first kappa shape index (κ1) is 12.5. The van der Waals surface area contributed by atoms with Gasteiger partial charge in [0.25, 0.3) is 0 Å². The van der Waals surface area contributed by atoms with Crippen LogP contribution < -0.4 is 0 Å². The molecule has 0 aliphatic heterocycles.